The summed E-state index contributed by atoms with van der Waals surface area (Å²) in [5.41, 5.74) is -0.800. The van der Waals surface area contributed by atoms with Gasteiger partial charge in [0.1, 0.15) is 11.9 Å². The summed E-state index contributed by atoms with van der Waals surface area (Å²) in [5, 5.41) is 16.9. The number of nitrogens with zero attached hydrogens (tertiary/aromatic N) is 3. The van der Waals surface area contributed by atoms with Gasteiger partial charge in [0, 0.05) is 49.1 Å². The highest BCUT2D eigenvalue weighted by molar-refractivity contribution is 6.30. The Balaban J connectivity index is 1.54. The van der Waals surface area contributed by atoms with Crippen LogP contribution in [0.1, 0.15) is 12.0 Å². The molecule has 2 atom stereocenters. The number of hydrogen-bond acceptors (Lipinski definition) is 6. The van der Waals surface area contributed by atoms with E-state index in [2.05, 4.69) is 10.6 Å². The third-order valence-corrected chi connectivity index (χ3v) is 6.33. The summed E-state index contributed by atoms with van der Waals surface area (Å²) in [6.07, 6.45) is 1.14. The Kier molecular flexibility index (Phi) is 7.74. The number of benzene rings is 2. The van der Waals surface area contributed by atoms with E-state index in [1.54, 1.807) is 31.2 Å². The molecule has 1 aliphatic heterocycles. The minimum Gasteiger partial charge on any atom is -0.380 e. The standard InChI is InChI=1S/C25H23ClFN5O6/c1-14-9-22(32(36)37)24(34)30(12-14)17-7-8-20(19(27)10-17)29-23(33)21-11-18(38-2)13-31(21)25(35)28-16-5-3-15(26)4-6-16/h3-10,12,18,21H,11,13H2,1-2H3,(H,28,35)(H,29,33)/t18-,21-/m1/s1. The van der Waals surface area contributed by atoms with Crippen LogP contribution in [0.3, 0.4) is 0 Å². The Hall–Kier alpha value is -4.29. The van der Waals surface area contributed by atoms with Crippen molar-refractivity contribution in [2.24, 2.45) is 0 Å². The normalized spacial score (nSPS) is 16.8. The van der Waals surface area contributed by atoms with Crippen molar-refractivity contribution in [1.82, 2.24) is 9.47 Å². The van der Waals surface area contributed by atoms with Gasteiger partial charge in [-0.25, -0.2) is 9.18 Å². The Morgan fingerprint density at radius 2 is 1.87 bits per heavy atom. The summed E-state index contributed by atoms with van der Waals surface area (Å²) in [6, 6.07) is 9.67. The molecule has 38 heavy (non-hydrogen) atoms. The lowest BCUT2D eigenvalue weighted by atomic mass is 10.1. The maximum absolute atomic E-state index is 15.0. The summed E-state index contributed by atoms with van der Waals surface area (Å²) < 4.78 is 21.3. The summed E-state index contributed by atoms with van der Waals surface area (Å²) in [5.74, 6) is -1.50. The number of hydrogen-bond donors (Lipinski definition) is 2. The lowest BCUT2D eigenvalue weighted by Crippen LogP contribution is -2.45. The molecule has 198 valence electrons. The van der Waals surface area contributed by atoms with E-state index in [-0.39, 0.29) is 24.3 Å². The molecule has 2 N–H and O–H groups in total. The second-order valence-electron chi connectivity index (χ2n) is 8.69. The van der Waals surface area contributed by atoms with Crippen LogP contribution in [0.15, 0.2) is 59.5 Å². The molecule has 2 aromatic carbocycles. The van der Waals surface area contributed by atoms with Gasteiger partial charge in [0.15, 0.2) is 0 Å². The smallest absolute Gasteiger partial charge is 0.334 e. The number of urea groups is 1. The lowest BCUT2D eigenvalue weighted by Gasteiger charge is -2.24. The number of carbonyl (C=O) groups excluding carboxylic acids is 2. The van der Waals surface area contributed by atoms with Gasteiger partial charge in [-0.3, -0.25) is 24.3 Å². The van der Waals surface area contributed by atoms with Crippen LogP contribution in [0.2, 0.25) is 5.02 Å². The third-order valence-electron chi connectivity index (χ3n) is 6.08. The van der Waals surface area contributed by atoms with Crippen LogP contribution in [0.4, 0.5) is 26.2 Å². The predicted octanol–water partition coefficient (Wildman–Crippen LogP) is 4.11. The van der Waals surface area contributed by atoms with Gasteiger partial charge in [-0.15, -0.1) is 0 Å². The maximum atomic E-state index is 15.0. The zero-order valence-corrected chi connectivity index (χ0v) is 21.1. The first-order valence-corrected chi connectivity index (χ1v) is 11.8. The van der Waals surface area contributed by atoms with Crippen LogP contribution >= 0.6 is 11.6 Å². The monoisotopic (exact) mass is 543 g/mol. The van der Waals surface area contributed by atoms with E-state index in [0.29, 0.717) is 16.3 Å². The summed E-state index contributed by atoms with van der Waals surface area (Å²) in [7, 11) is 1.47. The first-order valence-electron chi connectivity index (χ1n) is 11.4. The SMILES string of the molecule is CO[C@@H]1C[C@H](C(=O)Nc2ccc(-n3cc(C)cc([N+](=O)[O-])c3=O)cc2F)N(C(=O)Nc2ccc(Cl)cc2)C1. The molecule has 3 aromatic rings. The topological polar surface area (TPSA) is 136 Å². The minimum absolute atomic E-state index is 0.0431. The maximum Gasteiger partial charge on any atom is 0.334 e. The Labute approximate surface area is 220 Å². The summed E-state index contributed by atoms with van der Waals surface area (Å²) in [6.45, 7) is 1.71. The van der Waals surface area contributed by atoms with Crippen molar-refractivity contribution in [2.75, 3.05) is 24.3 Å². The van der Waals surface area contributed by atoms with Crippen LogP contribution < -0.4 is 16.2 Å². The molecule has 0 radical (unpaired) electrons. The highest BCUT2D eigenvalue weighted by atomic mass is 35.5. The molecular formula is C25H23ClFN5O6. The minimum atomic E-state index is -0.951. The van der Waals surface area contributed by atoms with E-state index < -0.39 is 46.1 Å². The molecule has 1 aliphatic rings. The van der Waals surface area contributed by atoms with Crippen molar-refractivity contribution in [3.05, 3.63) is 91.6 Å². The molecule has 0 spiro atoms. The molecule has 1 fully saturated rings. The number of likely N-dealkylation sites (tertiary alicyclic amines) is 1. The summed E-state index contributed by atoms with van der Waals surface area (Å²) >= 11 is 5.88. The van der Waals surface area contributed by atoms with Gasteiger partial charge >= 0.3 is 17.3 Å². The number of aromatic nitrogens is 1. The second kappa shape index (κ2) is 11.0. The molecule has 1 saturated heterocycles. The number of rotatable bonds is 6. The van der Waals surface area contributed by atoms with Crippen LogP contribution in [-0.2, 0) is 9.53 Å². The van der Waals surface area contributed by atoms with Crippen molar-refractivity contribution in [2.45, 2.75) is 25.5 Å². The number of amides is 3. The number of pyridine rings is 1. The number of aryl methyl sites for hydroxylation is 1. The molecule has 13 heteroatoms. The highest BCUT2D eigenvalue weighted by Gasteiger charge is 2.40. The molecule has 1 aromatic heterocycles. The van der Waals surface area contributed by atoms with Crippen LogP contribution in [0.25, 0.3) is 5.69 Å². The molecule has 2 heterocycles. The quantitative estimate of drug-likeness (QED) is 0.355. The fourth-order valence-corrected chi connectivity index (χ4v) is 4.29. The zero-order chi connectivity index (χ0) is 27.6. The number of nitrogens with one attached hydrogen (secondary N) is 2. The molecular weight excluding hydrogens is 521 g/mol. The number of anilines is 2. The zero-order valence-electron chi connectivity index (χ0n) is 20.3. The number of methoxy groups -OCH3 is 1. The van der Waals surface area contributed by atoms with Crippen LogP contribution in [0.5, 0.6) is 0 Å². The van der Waals surface area contributed by atoms with Crippen molar-refractivity contribution in [3.8, 4) is 5.69 Å². The van der Waals surface area contributed by atoms with Crippen molar-refractivity contribution in [1.29, 1.82) is 0 Å². The van der Waals surface area contributed by atoms with Gasteiger partial charge in [0.2, 0.25) is 5.91 Å². The molecule has 4 rings (SSSR count). The predicted molar refractivity (Wildman–Crippen MR) is 138 cm³/mol. The van der Waals surface area contributed by atoms with Crippen molar-refractivity contribution < 1.29 is 23.6 Å². The van der Waals surface area contributed by atoms with Gasteiger partial charge in [0.05, 0.1) is 22.4 Å². The molecule has 3 amide bonds. The Morgan fingerprint density at radius 1 is 1.16 bits per heavy atom. The molecule has 0 aliphatic carbocycles. The fraction of sp³-hybridized carbons (Fsp3) is 0.240. The third kappa shape index (κ3) is 5.66. The van der Waals surface area contributed by atoms with E-state index in [4.69, 9.17) is 16.3 Å². The number of carbonyl (C=O) groups is 2. The second-order valence-corrected chi connectivity index (χ2v) is 9.12. The summed E-state index contributed by atoms with van der Waals surface area (Å²) in [4.78, 5) is 50.2. The van der Waals surface area contributed by atoms with Crippen LogP contribution in [0, 0.1) is 22.9 Å². The molecule has 0 unspecified atom stereocenters. The number of halogens is 2. The van der Waals surface area contributed by atoms with Gasteiger partial charge in [-0.1, -0.05) is 11.6 Å². The first kappa shape index (κ1) is 26.8. The van der Waals surface area contributed by atoms with Gasteiger partial charge in [-0.2, -0.15) is 0 Å². The largest absolute Gasteiger partial charge is 0.380 e. The molecule has 0 bridgehead atoms. The van der Waals surface area contributed by atoms with E-state index in [1.807, 2.05) is 0 Å². The molecule has 11 nitrogen and oxygen atoms in total. The van der Waals surface area contributed by atoms with E-state index in [1.165, 1.54) is 30.3 Å². The van der Waals surface area contributed by atoms with Gasteiger partial charge < -0.3 is 20.3 Å². The van der Waals surface area contributed by atoms with Crippen LogP contribution in [-0.4, -0.2) is 52.1 Å². The Bertz CT molecular complexity index is 1460. The van der Waals surface area contributed by atoms with Gasteiger partial charge in [0.25, 0.3) is 0 Å². The molecule has 0 saturated carbocycles. The van der Waals surface area contributed by atoms with Crippen molar-refractivity contribution >= 4 is 40.6 Å². The lowest BCUT2D eigenvalue weighted by molar-refractivity contribution is -0.386. The number of ether oxygens (including phenoxy) is 1. The van der Waals surface area contributed by atoms with E-state index >= 15 is 4.39 Å². The number of nitro groups is 1. The Morgan fingerprint density at radius 3 is 2.50 bits per heavy atom. The average Bonchev–Trinajstić information content (AvgIpc) is 3.33. The van der Waals surface area contributed by atoms with E-state index in [0.717, 1.165) is 16.7 Å². The van der Waals surface area contributed by atoms with Gasteiger partial charge in [-0.05, 0) is 48.9 Å². The highest BCUT2D eigenvalue weighted by Crippen LogP contribution is 2.25. The van der Waals surface area contributed by atoms with E-state index in [9.17, 15) is 24.5 Å². The first-order chi connectivity index (χ1) is 18.1. The van der Waals surface area contributed by atoms with Crippen molar-refractivity contribution in [3.63, 3.8) is 0 Å². The fourth-order valence-electron chi connectivity index (χ4n) is 4.16. The average molecular weight is 544 g/mol.